The molecule has 1 heterocycles. The molecule has 0 spiro atoms. The Morgan fingerprint density at radius 2 is 2.29 bits per heavy atom. The van der Waals surface area contributed by atoms with Crippen LogP contribution in [0.4, 0.5) is 8.78 Å². The van der Waals surface area contributed by atoms with Gasteiger partial charge in [0.1, 0.15) is 6.54 Å². The second kappa shape index (κ2) is 4.12. The number of carbonyl (C=O) groups is 1. The molecule has 1 aromatic rings. The van der Waals surface area contributed by atoms with E-state index in [2.05, 4.69) is 10.3 Å². The van der Waals surface area contributed by atoms with Gasteiger partial charge in [-0.25, -0.2) is 18.3 Å². The van der Waals surface area contributed by atoms with Crippen molar-refractivity contribution in [1.29, 1.82) is 0 Å². The molecule has 0 unspecified atom stereocenters. The number of aromatic carboxylic acids is 1. The molecule has 0 fully saturated rings. The van der Waals surface area contributed by atoms with Gasteiger partial charge in [0, 0.05) is 0 Å². The van der Waals surface area contributed by atoms with Crippen LogP contribution in [-0.2, 0) is 13.0 Å². The van der Waals surface area contributed by atoms with E-state index in [-0.39, 0.29) is 11.4 Å². The van der Waals surface area contributed by atoms with Crippen molar-refractivity contribution >= 4 is 5.97 Å². The Morgan fingerprint density at radius 1 is 1.64 bits per heavy atom. The number of carboxylic acids is 1. The Labute approximate surface area is 78.3 Å². The fourth-order valence-corrected chi connectivity index (χ4v) is 1.13. The lowest BCUT2D eigenvalue weighted by atomic mass is 10.2. The molecule has 1 rings (SSSR count). The molecule has 0 amide bonds. The molecule has 1 N–H and O–H groups in total. The van der Waals surface area contributed by atoms with E-state index in [4.69, 9.17) is 5.11 Å². The van der Waals surface area contributed by atoms with Gasteiger partial charge >= 0.3 is 5.97 Å². The second-order valence-electron chi connectivity index (χ2n) is 2.62. The van der Waals surface area contributed by atoms with Gasteiger partial charge in [-0.2, -0.15) is 0 Å². The predicted molar refractivity (Wildman–Crippen MR) is 42.4 cm³/mol. The van der Waals surface area contributed by atoms with Crippen molar-refractivity contribution < 1.29 is 18.7 Å². The van der Waals surface area contributed by atoms with E-state index >= 15 is 0 Å². The summed E-state index contributed by atoms with van der Waals surface area (Å²) in [7, 11) is 0. The average Bonchev–Trinajstić information content (AvgIpc) is 2.46. The summed E-state index contributed by atoms with van der Waals surface area (Å²) in [6.07, 6.45) is -2.26. The summed E-state index contributed by atoms with van der Waals surface area (Å²) in [5, 5.41) is 15.3. The van der Waals surface area contributed by atoms with Crippen LogP contribution in [0.3, 0.4) is 0 Å². The standard InChI is InChI=1S/C7H9F2N3O2/c1-2-4-6(7(13)14)10-11-12(4)3-5(8)9/h5H,2-3H2,1H3,(H,13,14). The molecule has 0 bridgehead atoms. The first-order chi connectivity index (χ1) is 6.56. The molecule has 0 aliphatic rings. The molecule has 14 heavy (non-hydrogen) atoms. The zero-order chi connectivity index (χ0) is 10.7. The van der Waals surface area contributed by atoms with Gasteiger partial charge in [0.2, 0.25) is 0 Å². The van der Waals surface area contributed by atoms with Gasteiger partial charge < -0.3 is 5.11 Å². The van der Waals surface area contributed by atoms with Crippen molar-refractivity contribution in [1.82, 2.24) is 15.0 Å². The zero-order valence-electron chi connectivity index (χ0n) is 7.44. The van der Waals surface area contributed by atoms with E-state index in [0.29, 0.717) is 6.42 Å². The Hall–Kier alpha value is -1.53. The minimum atomic E-state index is -2.57. The molecule has 0 aliphatic heterocycles. The van der Waals surface area contributed by atoms with Gasteiger partial charge in [-0.05, 0) is 6.42 Å². The van der Waals surface area contributed by atoms with Gasteiger partial charge in [0.05, 0.1) is 5.69 Å². The molecule has 78 valence electrons. The van der Waals surface area contributed by atoms with Crippen LogP contribution >= 0.6 is 0 Å². The van der Waals surface area contributed by atoms with Crippen LogP contribution in [0.1, 0.15) is 23.1 Å². The van der Waals surface area contributed by atoms with Crippen LogP contribution in [0, 0.1) is 0 Å². The number of carboxylic acid groups (broad SMARTS) is 1. The van der Waals surface area contributed by atoms with Crippen LogP contribution < -0.4 is 0 Å². The van der Waals surface area contributed by atoms with Crippen molar-refractivity contribution in [2.24, 2.45) is 0 Å². The van der Waals surface area contributed by atoms with Gasteiger partial charge in [0.15, 0.2) is 5.69 Å². The third kappa shape index (κ3) is 2.04. The van der Waals surface area contributed by atoms with E-state index in [1.165, 1.54) is 0 Å². The van der Waals surface area contributed by atoms with Crippen LogP contribution in [0.5, 0.6) is 0 Å². The summed E-state index contributed by atoms with van der Waals surface area (Å²) in [4.78, 5) is 10.6. The highest BCUT2D eigenvalue weighted by Gasteiger charge is 2.18. The highest BCUT2D eigenvalue weighted by molar-refractivity contribution is 5.86. The first kappa shape index (κ1) is 10.6. The van der Waals surface area contributed by atoms with Crippen molar-refractivity contribution in [3.63, 3.8) is 0 Å². The SMILES string of the molecule is CCc1c(C(=O)O)nnn1CC(F)F. The molecule has 0 radical (unpaired) electrons. The number of aromatic nitrogens is 3. The third-order valence-electron chi connectivity index (χ3n) is 1.69. The minimum absolute atomic E-state index is 0.220. The Kier molecular flexibility index (Phi) is 3.10. The molecule has 1 aromatic heterocycles. The normalized spacial score (nSPS) is 10.9. The quantitative estimate of drug-likeness (QED) is 0.789. The summed E-state index contributed by atoms with van der Waals surface area (Å²) in [5.41, 5.74) is -0.0362. The maximum atomic E-state index is 12.0. The van der Waals surface area contributed by atoms with Gasteiger partial charge in [0.25, 0.3) is 6.43 Å². The largest absolute Gasteiger partial charge is 0.476 e. The summed E-state index contributed by atoms with van der Waals surface area (Å²) < 4.78 is 24.9. The molecule has 0 saturated carbocycles. The monoisotopic (exact) mass is 205 g/mol. The first-order valence-electron chi connectivity index (χ1n) is 4.00. The fraction of sp³-hybridized carbons (Fsp3) is 0.571. The lowest BCUT2D eigenvalue weighted by Gasteiger charge is -2.03. The van der Waals surface area contributed by atoms with Crippen molar-refractivity contribution in [2.75, 3.05) is 0 Å². The lowest BCUT2D eigenvalue weighted by Crippen LogP contribution is -2.12. The summed E-state index contributed by atoms with van der Waals surface area (Å²) >= 11 is 0. The average molecular weight is 205 g/mol. The molecule has 0 atom stereocenters. The van der Waals surface area contributed by atoms with Crippen LogP contribution in [0.25, 0.3) is 0 Å². The smallest absolute Gasteiger partial charge is 0.358 e. The van der Waals surface area contributed by atoms with Gasteiger partial charge in [-0.1, -0.05) is 12.1 Å². The van der Waals surface area contributed by atoms with E-state index < -0.39 is 18.9 Å². The molecule has 0 aliphatic carbocycles. The molecule has 5 nitrogen and oxygen atoms in total. The number of rotatable bonds is 4. The topological polar surface area (TPSA) is 68.0 Å². The van der Waals surface area contributed by atoms with E-state index in [1.807, 2.05) is 0 Å². The van der Waals surface area contributed by atoms with Crippen molar-refractivity contribution in [3.8, 4) is 0 Å². The molecular formula is C7H9F2N3O2. The van der Waals surface area contributed by atoms with Crippen molar-refractivity contribution in [2.45, 2.75) is 26.3 Å². The number of alkyl halides is 2. The minimum Gasteiger partial charge on any atom is -0.476 e. The number of hydrogen-bond donors (Lipinski definition) is 1. The third-order valence-corrected chi connectivity index (χ3v) is 1.69. The maximum Gasteiger partial charge on any atom is 0.358 e. The Balaban J connectivity index is 3.01. The summed E-state index contributed by atoms with van der Waals surface area (Å²) in [6, 6.07) is 0. The number of halogens is 2. The van der Waals surface area contributed by atoms with Crippen molar-refractivity contribution in [3.05, 3.63) is 11.4 Å². The number of nitrogens with zero attached hydrogens (tertiary/aromatic N) is 3. The van der Waals surface area contributed by atoms with Crippen LogP contribution in [0.15, 0.2) is 0 Å². The molecule has 0 aromatic carbocycles. The van der Waals surface area contributed by atoms with E-state index in [1.54, 1.807) is 6.92 Å². The van der Waals surface area contributed by atoms with Gasteiger partial charge in [-0.3, -0.25) is 0 Å². The van der Waals surface area contributed by atoms with E-state index in [0.717, 1.165) is 4.68 Å². The van der Waals surface area contributed by atoms with Gasteiger partial charge in [-0.15, -0.1) is 5.10 Å². The second-order valence-corrected chi connectivity index (χ2v) is 2.62. The molecule has 0 saturated heterocycles. The number of hydrogen-bond acceptors (Lipinski definition) is 3. The summed E-state index contributed by atoms with van der Waals surface area (Å²) in [6.45, 7) is 1.04. The van der Waals surface area contributed by atoms with Crippen LogP contribution in [-0.4, -0.2) is 32.5 Å². The zero-order valence-corrected chi connectivity index (χ0v) is 7.44. The Bertz CT molecular complexity index is 338. The lowest BCUT2D eigenvalue weighted by molar-refractivity contribution is 0.0688. The molecular weight excluding hydrogens is 196 g/mol. The highest BCUT2D eigenvalue weighted by Crippen LogP contribution is 2.08. The van der Waals surface area contributed by atoms with Crippen LogP contribution in [0.2, 0.25) is 0 Å². The Morgan fingerprint density at radius 3 is 2.71 bits per heavy atom. The molecule has 7 heteroatoms. The predicted octanol–water partition coefficient (Wildman–Crippen LogP) is 0.804. The maximum absolute atomic E-state index is 12.0. The first-order valence-corrected chi connectivity index (χ1v) is 4.00. The van der Waals surface area contributed by atoms with E-state index in [9.17, 15) is 13.6 Å². The summed E-state index contributed by atoms with van der Waals surface area (Å²) in [5.74, 6) is -1.25. The highest BCUT2D eigenvalue weighted by atomic mass is 19.3. The fourth-order valence-electron chi connectivity index (χ4n) is 1.13.